The maximum Gasteiger partial charge on any atom is 0.274 e. The van der Waals surface area contributed by atoms with Crippen molar-refractivity contribution >= 4 is 17.7 Å². The van der Waals surface area contributed by atoms with Crippen molar-refractivity contribution in [3.63, 3.8) is 0 Å². The molecule has 0 saturated heterocycles. The minimum absolute atomic E-state index is 0.0746. The summed E-state index contributed by atoms with van der Waals surface area (Å²) in [6, 6.07) is 8.36. The lowest BCUT2D eigenvalue weighted by Gasteiger charge is -2.22. The van der Waals surface area contributed by atoms with E-state index in [1.807, 2.05) is 22.7 Å². The lowest BCUT2D eigenvalue weighted by atomic mass is 10.1. The molecule has 1 aromatic carbocycles. The van der Waals surface area contributed by atoms with Gasteiger partial charge in [-0.05, 0) is 18.9 Å². The van der Waals surface area contributed by atoms with Crippen molar-refractivity contribution in [1.82, 2.24) is 14.7 Å². The molecular weight excluding hydrogens is 306 g/mol. The molecule has 1 aliphatic heterocycles. The summed E-state index contributed by atoms with van der Waals surface area (Å²) in [5.41, 5.74) is 3.99. The molecule has 23 heavy (non-hydrogen) atoms. The van der Waals surface area contributed by atoms with Gasteiger partial charge in [0.1, 0.15) is 0 Å². The Morgan fingerprint density at radius 1 is 1.26 bits per heavy atom. The van der Waals surface area contributed by atoms with E-state index in [2.05, 4.69) is 37.1 Å². The van der Waals surface area contributed by atoms with Gasteiger partial charge in [-0.25, -0.2) is 0 Å². The number of fused-ring (bicyclic) bond motifs is 3. The van der Waals surface area contributed by atoms with E-state index < -0.39 is 0 Å². The zero-order chi connectivity index (χ0) is 16.4. The lowest BCUT2D eigenvalue weighted by Crippen LogP contribution is -2.33. The van der Waals surface area contributed by atoms with E-state index in [0.29, 0.717) is 5.69 Å². The van der Waals surface area contributed by atoms with Crippen molar-refractivity contribution in [2.24, 2.45) is 7.05 Å². The topological polar surface area (TPSA) is 38.1 Å². The zero-order valence-corrected chi connectivity index (χ0v) is 14.8. The number of hydrogen-bond acceptors (Lipinski definition) is 3. The quantitative estimate of drug-likeness (QED) is 0.833. The van der Waals surface area contributed by atoms with E-state index in [9.17, 15) is 4.79 Å². The molecule has 0 saturated carbocycles. The largest absolute Gasteiger partial charge is 0.337 e. The van der Waals surface area contributed by atoms with Crippen LogP contribution in [0.3, 0.4) is 0 Å². The molecule has 1 aromatic heterocycles. The average molecular weight is 329 g/mol. The minimum atomic E-state index is 0.0746. The van der Waals surface area contributed by atoms with Gasteiger partial charge in [0.25, 0.3) is 5.91 Å². The third kappa shape index (κ3) is 2.90. The number of carbonyl (C=O) groups excluding carboxylic acids is 1. The monoisotopic (exact) mass is 329 g/mol. The van der Waals surface area contributed by atoms with Crippen LogP contribution in [0.25, 0.3) is 11.3 Å². The van der Waals surface area contributed by atoms with Gasteiger partial charge in [-0.2, -0.15) is 5.10 Å². The van der Waals surface area contributed by atoms with Gasteiger partial charge in [0.15, 0.2) is 5.69 Å². The highest BCUT2D eigenvalue weighted by molar-refractivity contribution is 7.98. The number of hydrogen-bond donors (Lipinski definition) is 0. The summed E-state index contributed by atoms with van der Waals surface area (Å²) in [4.78, 5) is 16.2. The van der Waals surface area contributed by atoms with E-state index in [1.54, 1.807) is 11.8 Å². The van der Waals surface area contributed by atoms with Crippen LogP contribution in [0.4, 0.5) is 0 Å². The third-order valence-corrected chi connectivity index (χ3v) is 5.24. The summed E-state index contributed by atoms with van der Waals surface area (Å²) >= 11 is 1.79. The van der Waals surface area contributed by atoms with Crippen LogP contribution in [-0.4, -0.2) is 33.7 Å². The summed E-state index contributed by atoms with van der Waals surface area (Å²) in [5, 5.41) is 4.59. The molecule has 0 N–H and O–H groups in total. The van der Waals surface area contributed by atoms with Crippen LogP contribution in [0.2, 0.25) is 0 Å². The molecule has 122 valence electrons. The molecule has 2 heterocycles. The average Bonchev–Trinajstić information content (AvgIpc) is 2.91. The van der Waals surface area contributed by atoms with Crippen LogP contribution >= 0.6 is 11.8 Å². The maximum atomic E-state index is 13.0. The van der Waals surface area contributed by atoms with E-state index in [-0.39, 0.29) is 5.91 Å². The molecule has 4 nitrogen and oxygen atoms in total. The van der Waals surface area contributed by atoms with Crippen LogP contribution in [-0.2, 0) is 12.8 Å². The Morgan fingerprint density at radius 3 is 2.65 bits per heavy atom. The molecule has 0 radical (unpaired) electrons. The zero-order valence-electron chi connectivity index (χ0n) is 14.0. The summed E-state index contributed by atoms with van der Waals surface area (Å²) in [6.07, 6.45) is 1.94. The fourth-order valence-corrected chi connectivity index (χ4v) is 4.22. The molecule has 0 atom stereocenters. The maximum absolute atomic E-state index is 13.0. The fraction of sp³-hybridized carbons (Fsp3) is 0.444. The van der Waals surface area contributed by atoms with Gasteiger partial charge in [0.2, 0.25) is 0 Å². The Balaban J connectivity index is 2.02. The third-order valence-electron chi connectivity index (χ3n) is 4.14. The van der Waals surface area contributed by atoms with Crippen molar-refractivity contribution < 1.29 is 4.79 Å². The highest BCUT2D eigenvalue weighted by Gasteiger charge is 2.29. The molecule has 0 spiro atoms. The standard InChI is InChI=1S/C18H23N3OS/c1-4-10-21(11-5-2)18(22)16-14-12-23-15-9-7-6-8-13(15)17(14)20(3)19-16/h6-9H,4-5,10-12H2,1-3H3. The number of rotatable bonds is 5. The van der Waals surface area contributed by atoms with E-state index in [4.69, 9.17) is 0 Å². The van der Waals surface area contributed by atoms with Gasteiger partial charge < -0.3 is 4.90 Å². The first-order valence-corrected chi connectivity index (χ1v) is 9.23. The van der Waals surface area contributed by atoms with Crippen LogP contribution in [0, 0.1) is 0 Å². The summed E-state index contributed by atoms with van der Waals surface area (Å²) in [6.45, 7) is 5.80. The van der Waals surface area contributed by atoms with E-state index in [1.165, 1.54) is 10.5 Å². The Labute approximate surface area is 141 Å². The highest BCUT2D eigenvalue weighted by Crippen LogP contribution is 2.42. The first-order valence-electron chi connectivity index (χ1n) is 8.24. The number of thioether (sulfide) groups is 1. The molecule has 1 aliphatic rings. The van der Waals surface area contributed by atoms with Gasteiger partial charge in [-0.1, -0.05) is 32.0 Å². The SMILES string of the molecule is CCCN(CCC)C(=O)c1nn(C)c2c1CSc1ccccc1-2. The fourth-order valence-electron chi connectivity index (χ4n) is 3.16. The Morgan fingerprint density at radius 2 is 1.96 bits per heavy atom. The van der Waals surface area contributed by atoms with Gasteiger partial charge in [0.05, 0.1) is 5.69 Å². The summed E-state index contributed by atoms with van der Waals surface area (Å²) in [5.74, 6) is 0.887. The summed E-state index contributed by atoms with van der Waals surface area (Å²) in [7, 11) is 1.94. The van der Waals surface area contributed by atoms with E-state index >= 15 is 0 Å². The molecule has 0 bridgehead atoms. The molecule has 0 fully saturated rings. The Kier molecular flexibility index (Phi) is 4.76. The Bertz CT molecular complexity index is 717. The minimum Gasteiger partial charge on any atom is -0.337 e. The second-order valence-electron chi connectivity index (χ2n) is 5.88. The number of aryl methyl sites for hydroxylation is 1. The van der Waals surface area contributed by atoms with Crippen molar-refractivity contribution in [2.45, 2.75) is 37.3 Å². The Hall–Kier alpha value is -1.75. The molecule has 0 unspecified atom stereocenters. The second-order valence-corrected chi connectivity index (χ2v) is 6.89. The lowest BCUT2D eigenvalue weighted by molar-refractivity contribution is 0.0748. The van der Waals surface area contributed by atoms with Crippen molar-refractivity contribution in [3.05, 3.63) is 35.5 Å². The molecule has 1 amide bonds. The normalized spacial score (nSPS) is 12.7. The number of carbonyl (C=O) groups is 1. The van der Waals surface area contributed by atoms with E-state index in [0.717, 1.165) is 42.9 Å². The number of amides is 1. The van der Waals surface area contributed by atoms with Crippen molar-refractivity contribution in [3.8, 4) is 11.3 Å². The first-order chi connectivity index (χ1) is 11.2. The molecule has 3 rings (SSSR count). The smallest absolute Gasteiger partial charge is 0.274 e. The van der Waals surface area contributed by atoms with Gasteiger partial charge in [0, 0.05) is 41.9 Å². The van der Waals surface area contributed by atoms with Crippen LogP contribution in [0.15, 0.2) is 29.2 Å². The van der Waals surface area contributed by atoms with Crippen LogP contribution in [0.1, 0.15) is 42.7 Å². The molecule has 5 heteroatoms. The summed E-state index contributed by atoms with van der Waals surface area (Å²) < 4.78 is 1.87. The van der Waals surface area contributed by atoms with Crippen molar-refractivity contribution in [1.29, 1.82) is 0 Å². The predicted octanol–water partition coefficient (Wildman–Crippen LogP) is 3.96. The molecule has 0 aliphatic carbocycles. The molecular formula is C18H23N3OS. The van der Waals surface area contributed by atoms with Crippen LogP contribution in [0.5, 0.6) is 0 Å². The van der Waals surface area contributed by atoms with Gasteiger partial charge in [-0.15, -0.1) is 11.8 Å². The predicted molar refractivity (Wildman–Crippen MR) is 94.7 cm³/mol. The number of benzene rings is 1. The molecule has 2 aromatic rings. The first kappa shape index (κ1) is 16.1. The van der Waals surface area contributed by atoms with Crippen molar-refractivity contribution in [2.75, 3.05) is 13.1 Å². The van der Waals surface area contributed by atoms with Crippen LogP contribution < -0.4 is 0 Å². The number of aromatic nitrogens is 2. The number of nitrogens with zero attached hydrogens (tertiary/aromatic N) is 3. The highest BCUT2D eigenvalue weighted by atomic mass is 32.2. The second kappa shape index (κ2) is 6.79. The van der Waals surface area contributed by atoms with Gasteiger partial charge >= 0.3 is 0 Å². The van der Waals surface area contributed by atoms with Gasteiger partial charge in [-0.3, -0.25) is 9.48 Å².